The normalized spacial score (nSPS) is 26.6. The molecule has 31 heavy (non-hydrogen) atoms. The van der Waals surface area contributed by atoms with E-state index in [1.807, 2.05) is 30.3 Å². The highest BCUT2D eigenvalue weighted by atomic mass is 35.5. The Labute approximate surface area is 187 Å². The number of hydrogen-bond donors (Lipinski definition) is 2. The summed E-state index contributed by atoms with van der Waals surface area (Å²) in [4.78, 5) is 27.5. The molecule has 1 aromatic rings. The Morgan fingerprint density at radius 1 is 1.26 bits per heavy atom. The molecule has 0 bridgehead atoms. The number of fused-ring (bicyclic) bond motifs is 2. The van der Waals surface area contributed by atoms with Crippen molar-refractivity contribution in [3.63, 3.8) is 0 Å². The molecule has 0 aromatic heterocycles. The number of rotatable bonds is 4. The van der Waals surface area contributed by atoms with Crippen molar-refractivity contribution in [3.05, 3.63) is 64.4 Å². The molecule has 5 rings (SSSR count). The molecule has 2 amide bonds. The van der Waals surface area contributed by atoms with Crippen molar-refractivity contribution in [1.29, 1.82) is 0 Å². The molecule has 2 aliphatic carbocycles. The summed E-state index contributed by atoms with van der Waals surface area (Å²) in [7, 11) is 1.63. The van der Waals surface area contributed by atoms with Gasteiger partial charge in [0.15, 0.2) is 0 Å². The van der Waals surface area contributed by atoms with Crippen LogP contribution in [0.4, 0.5) is 0 Å². The number of nitrogens with zero attached hydrogens (tertiary/aromatic N) is 1. The van der Waals surface area contributed by atoms with E-state index in [1.165, 1.54) is 5.57 Å². The van der Waals surface area contributed by atoms with E-state index in [4.69, 9.17) is 16.3 Å². The number of amides is 2. The summed E-state index contributed by atoms with van der Waals surface area (Å²) in [6.07, 6.45) is 9.02. The van der Waals surface area contributed by atoms with Crippen molar-refractivity contribution in [3.8, 4) is 5.75 Å². The minimum Gasteiger partial charge on any atom is -0.497 e. The van der Waals surface area contributed by atoms with Crippen molar-refractivity contribution in [2.45, 2.75) is 31.3 Å². The first-order chi connectivity index (χ1) is 15.0. The maximum Gasteiger partial charge on any atom is 0.312 e. The van der Waals surface area contributed by atoms with Crippen LogP contribution < -0.4 is 15.4 Å². The van der Waals surface area contributed by atoms with Crippen LogP contribution in [0.5, 0.6) is 5.75 Å². The molecular formula is C24H26ClN3O3. The van der Waals surface area contributed by atoms with Gasteiger partial charge in [-0.05, 0) is 54.5 Å². The highest BCUT2D eigenvalue weighted by Gasteiger charge is 2.44. The number of hydrogen-bond acceptors (Lipinski definition) is 4. The minimum absolute atomic E-state index is 0.118. The van der Waals surface area contributed by atoms with Gasteiger partial charge in [-0.15, -0.1) is 0 Å². The average molecular weight is 440 g/mol. The highest BCUT2D eigenvalue weighted by molar-refractivity contribution is 6.35. The molecule has 4 aliphatic rings. The number of benzene rings is 1. The Kier molecular flexibility index (Phi) is 5.26. The lowest BCUT2D eigenvalue weighted by Crippen LogP contribution is -2.48. The maximum absolute atomic E-state index is 13.2. The Bertz CT molecular complexity index is 994. The predicted octanol–water partition coefficient (Wildman–Crippen LogP) is 3.03. The van der Waals surface area contributed by atoms with Gasteiger partial charge >= 0.3 is 11.8 Å². The van der Waals surface area contributed by atoms with Gasteiger partial charge in [-0.3, -0.25) is 9.59 Å². The van der Waals surface area contributed by atoms with Crippen LogP contribution in [0, 0.1) is 11.8 Å². The van der Waals surface area contributed by atoms with Gasteiger partial charge in [-0.25, -0.2) is 0 Å². The summed E-state index contributed by atoms with van der Waals surface area (Å²) in [5, 5.41) is 7.16. The van der Waals surface area contributed by atoms with E-state index >= 15 is 0 Å². The monoisotopic (exact) mass is 439 g/mol. The fourth-order valence-corrected chi connectivity index (χ4v) is 4.96. The topological polar surface area (TPSA) is 70.7 Å². The van der Waals surface area contributed by atoms with Crippen LogP contribution in [0.15, 0.2) is 58.8 Å². The largest absolute Gasteiger partial charge is 0.497 e. The van der Waals surface area contributed by atoms with Crippen molar-refractivity contribution < 1.29 is 14.3 Å². The zero-order valence-corrected chi connectivity index (χ0v) is 18.2. The van der Waals surface area contributed by atoms with E-state index in [0.717, 1.165) is 34.9 Å². The molecule has 0 saturated heterocycles. The van der Waals surface area contributed by atoms with Crippen LogP contribution in [-0.2, 0) is 9.59 Å². The standard InChI is InChI=1S/C24H26ClN3O3/c1-31-17-7-4-15(5-8-17)22-21-18(19-12-16(25)6-9-20(19)27-21)10-11-28(22)24(30)23(29)26-13-14-2-3-14/h4-9,12,14,19-20,22,27H,2-3,10-11,13H2,1H3,(H,26,29). The third-order valence-corrected chi connectivity index (χ3v) is 6.85. The fourth-order valence-electron chi connectivity index (χ4n) is 4.75. The lowest BCUT2D eigenvalue weighted by Gasteiger charge is -2.37. The van der Waals surface area contributed by atoms with E-state index < -0.39 is 11.8 Å². The summed E-state index contributed by atoms with van der Waals surface area (Å²) in [6, 6.07) is 7.47. The molecule has 0 spiro atoms. The summed E-state index contributed by atoms with van der Waals surface area (Å²) in [5.74, 6) is 0.447. The summed E-state index contributed by atoms with van der Waals surface area (Å²) in [6.45, 7) is 1.07. The molecule has 162 valence electrons. The van der Waals surface area contributed by atoms with Crippen molar-refractivity contribution >= 4 is 23.4 Å². The van der Waals surface area contributed by atoms with Crippen molar-refractivity contribution in [1.82, 2.24) is 15.5 Å². The molecule has 1 fully saturated rings. The number of ether oxygens (including phenoxy) is 1. The van der Waals surface area contributed by atoms with Gasteiger partial charge in [0.2, 0.25) is 0 Å². The third-order valence-electron chi connectivity index (χ3n) is 6.60. The minimum atomic E-state index is -0.521. The number of methoxy groups -OCH3 is 1. The number of allylic oxidation sites excluding steroid dienone is 2. The van der Waals surface area contributed by atoms with Crippen LogP contribution in [-0.4, -0.2) is 43.0 Å². The molecule has 6 nitrogen and oxygen atoms in total. The van der Waals surface area contributed by atoms with Crippen LogP contribution >= 0.6 is 11.6 Å². The molecule has 3 unspecified atom stereocenters. The SMILES string of the molecule is COc1ccc(C2C3=C(CCN2C(=O)C(=O)NCC2CC2)C2C=C(Cl)C=CC2N3)cc1. The van der Waals surface area contributed by atoms with E-state index in [9.17, 15) is 9.59 Å². The molecule has 1 aromatic carbocycles. The summed E-state index contributed by atoms with van der Waals surface area (Å²) < 4.78 is 5.30. The van der Waals surface area contributed by atoms with Gasteiger partial charge < -0.3 is 20.3 Å². The summed E-state index contributed by atoms with van der Waals surface area (Å²) in [5.41, 5.74) is 3.21. The lowest BCUT2D eigenvalue weighted by molar-refractivity contribution is -0.147. The number of carbonyl (C=O) groups is 2. The van der Waals surface area contributed by atoms with Crippen molar-refractivity contribution in [2.24, 2.45) is 11.8 Å². The first-order valence-electron chi connectivity index (χ1n) is 10.8. The maximum atomic E-state index is 13.2. The number of halogens is 1. The number of nitrogens with one attached hydrogen (secondary N) is 2. The van der Waals surface area contributed by atoms with E-state index in [2.05, 4.69) is 22.8 Å². The zero-order valence-electron chi connectivity index (χ0n) is 17.4. The third kappa shape index (κ3) is 3.85. The molecule has 3 atom stereocenters. The van der Waals surface area contributed by atoms with Crippen LogP contribution in [0.25, 0.3) is 0 Å². The van der Waals surface area contributed by atoms with Gasteiger partial charge in [0.25, 0.3) is 0 Å². The van der Waals surface area contributed by atoms with Crippen LogP contribution in [0.1, 0.15) is 30.9 Å². The number of carbonyl (C=O) groups excluding carboxylic acids is 2. The van der Waals surface area contributed by atoms with E-state index in [0.29, 0.717) is 25.4 Å². The second-order valence-corrected chi connectivity index (χ2v) is 9.06. The Morgan fingerprint density at radius 2 is 2.03 bits per heavy atom. The zero-order chi connectivity index (χ0) is 21.5. The quantitative estimate of drug-likeness (QED) is 0.707. The van der Waals surface area contributed by atoms with Crippen LogP contribution in [0.3, 0.4) is 0 Å². The van der Waals surface area contributed by atoms with Crippen LogP contribution in [0.2, 0.25) is 0 Å². The first-order valence-corrected chi connectivity index (χ1v) is 11.2. The Balaban J connectivity index is 1.48. The predicted molar refractivity (Wildman–Crippen MR) is 118 cm³/mol. The molecule has 1 saturated carbocycles. The molecule has 2 heterocycles. The van der Waals surface area contributed by atoms with E-state index in [-0.39, 0.29) is 18.0 Å². The van der Waals surface area contributed by atoms with Gasteiger partial charge in [-0.1, -0.05) is 35.9 Å². The average Bonchev–Trinajstić information content (AvgIpc) is 3.56. The molecule has 2 aliphatic heterocycles. The second-order valence-electron chi connectivity index (χ2n) is 8.62. The second kappa shape index (κ2) is 8.08. The molecule has 2 N–H and O–H groups in total. The molecule has 0 radical (unpaired) electrons. The van der Waals surface area contributed by atoms with Crippen molar-refractivity contribution in [2.75, 3.05) is 20.2 Å². The molecule has 7 heteroatoms. The fraction of sp³-hybridized carbons (Fsp3) is 0.417. The smallest absolute Gasteiger partial charge is 0.312 e. The van der Waals surface area contributed by atoms with Gasteiger partial charge in [-0.2, -0.15) is 0 Å². The van der Waals surface area contributed by atoms with Gasteiger partial charge in [0.1, 0.15) is 5.75 Å². The molecular weight excluding hydrogens is 414 g/mol. The summed E-state index contributed by atoms with van der Waals surface area (Å²) >= 11 is 6.28. The Morgan fingerprint density at radius 3 is 2.74 bits per heavy atom. The Hall–Kier alpha value is -2.73. The highest BCUT2D eigenvalue weighted by Crippen LogP contribution is 2.44. The van der Waals surface area contributed by atoms with E-state index in [1.54, 1.807) is 12.0 Å². The van der Waals surface area contributed by atoms with Gasteiger partial charge in [0, 0.05) is 29.7 Å². The lowest BCUT2D eigenvalue weighted by atomic mass is 9.85. The first kappa shape index (κ1) is 20.2. The van der Waals surface area contributed by atoms with Gasteiger partial charge in [0.05, 0.1) is 19.2 Å².